The SMILES string of the molecule is C=CCCC(=O)NCCC(C)N. The van der Waals surface area contributed by atoms with Crippen molar-refractivity contribution in [1.29, 1.82) is 0 Å². The zero-order valence-corrected chi connectivity index (χ0v) is 7.68. The van der Waals surface area contributed by atoms with Crippen molar-refractivity contribution < 1.29 is 4.79 Å². The maximum absolute atomic E-state index is 11.0. The molecule has 3 nitrogen and oxygen atoms in total. The number of rotatable bonds is 6. The van der Waals surface area contributed by atoms with Gasteiger partial charge in [-0.3, -0.25) is 4.79 Å². The average molecular weight is 170 g/mol. The fourth-order valence-corrected chi connectivity index (χ4v) is 0.761. The summed E-state index contributed by atoms with van der Waals surface area (Å²) in [6, 6.07) is 0.157. The lowest BCUT2D eigenvalue weighted by molar-refractivity contribution is -0.121. The summed E-state index contributed by atoms with van der Waals surface area (Å²) in [5.74, 6) is 0.0792. The smallest absolute Gasteiger partial charge is 0.220 e. The van der Waals surface area contributed by atoms with Gasteiger partial charge in [0.15, 0.2) is 0 Å². The van der Waals surface area contributed by atoms with Crippen LogP contribution < -0.4 is 11.1 Å². The summed E-state index contributed by atoms with van der Waals surface area (Å²) in [7, 11) is 0. The van der Waals surface area contributed by atoms with Crippen LogP contribution in [0.15, 0.2) is 12.7 Å². The minimum atomic E-state index is 0.0792. The van der Waals surface area contributed by atoms with Crippen LogP contribution in [0.1, 0.15) is 26.2 Å². The van der Waals surface area contributed by atoms with Gasteiger partial charge in [-0.05, 0) is 19.8 Å². The largest absolute Gasteiger partial charge is 0.356 e. The highest BCUT2D eigenvalue weighted by atomic mass is 16.1. The van der Waals surface area contributed by atoms with E-state index in [1.54, 1.807) is 6.08 Å². The average Bonchev–Trinajstić information content (AvgIpc) is 2.00. The van der Waals surface area contributed by atoms with Crippen LogP contribution in [0.5, 0.6) is 0 Å². The highest BCUT2D eigenvalue weighted by Gasteiger charge is 1.99. The lowest BCUT2D eigenvalue weighted by Crippen LogP contribution is -2.28. The molecule has 0 spiro atoms. The lowest BCUT2D eigenvalue weighted by atomic mass is 10.2. The quantitative estimate of drug-likeness (QED) is 0.579. The number of carbonyl (C=O) groups is 1. The maximum Gasteiger partial charge on any atom is 0.220 e. The molecule has 12 heavy (non-hydrogen) atoms. The van der Waals surface area contributed by atoms with E-state index in [0.29, 0.717) is 13.0 Å². The minimum Gasteiger partial charge on any atom is -0.356 e. The molecule has 0 saturated carbocycles. The summed E-state index contributed by atoms with van der Waals surface area (Å²) in [5.41, 5.74) is 5.51. The minimum absolute atomic E-state index is 0.0792. The van der Waals surface area contributed by atoms with Crippen molar-refractivity contribution in [3.8, 4) is 0 Å². The van der Waals surface area contributed by atoms with Crippen molar-refractivity contribution in [3.05, 3.63) is 12.7 Å². The number of nitrogens with two attached hydrogens (primary N) is 1. The van der Waals surface area contributed by atoms with Crippen molar-refractivity contribution in [2.24, 2.45) is 5.73 Å². The van der Waals surface area contributed by atoms with Gasteiger partial charge in [0.25, 0.3) is 0 Å². The van der Waals surface area contributed by atoms with Gasteiger partial charge in [0.1, 0.15) is 0 Å². The van der Waals surface area contributed by atoms with E-state index < -0.39 is 0 Å². The molecule has 0 aromatic rings. The topological polar surface area (TPSA) is 55.1 Å². The fourth-order valence-electron chi connectivity index (χ4n) is 0.761. The Labute approximate surface area is 74.0 Å². The van der Waals surface area contributed by atoms with Gasteiger partial charge < -0.3 is 11.1 Å². The normalized spacial score (nSPS) is 12.2. The molecule has 1 atom stereocenters. The first-order valence-corrected chi connectivity index (χ1v) is 4.30. The molecule has 0 aliphatic carbocycles. The first kappa shape index (κ1) is 11.2. The summed E-state index contributed by atoms with van der Waals surface area (Å²) in [6.45, 7) is 6.14. The van der Waals surface area contributed by atoms with Crippen molar-refractivity contribution in [2.45, 2.75) is 32.2 Å². The maximum atomic E-state index is 11.0. The summed E-state index contributed by atoms with van der Waals surface area (Å²) < 4.78 is 0. The highest BCUT2D eigenvalue weighted by molar-refractivity contribution is 5.75. The standard InChI is InChI=1S/C9H18N2O/c1-3-4-5-9(12)11-7-6-8(2)10/h3,8H,1,4-7,10H2,2H3,(H,11,12). The summed E-state index contributed by atoms with van der Waals surface area (Å²) in [6.07, 6.45) is 3.84. The van der Waals surface area contributed by atoms with Crippen molar-refractivity contribution in [3.63, 3.8) is 0 Å². The third-order valence-electron chi connectivity index (χ3n) is 1.50. The van der Waals surface area contributed by atoms with Crippen LogP contribution in [0.4, 0.5) is 0 Å². The molecule has 0 heterocycles. The Hall–Kier alpha value is -0.830. The molecule has 0 rings (SSSR count). The number of hydrogen-bond acceptors (Lipinski definition) is 2. The van der Waals surface area contributed by atoms with Gasteiger partial charge in [-0.1, -0.05) is 6.08 Å². The highest BCUT2D eigenvalue weighted by Crippen LogP contribution is 1.89. The van der Waals surface area contributed by atoms with Crippen LogP contribution in [0.25, 0.3) is 0 Å². The zero-order valence-electron chi connectivity index (χ0n) is 7.68. The van der Waals surface area contributed by atoms with Gasteiger partial charge in [0, 0.05) is 19.0 Å². The van der Waals surface area contributed by atoms with E-state index in [2.05, 4.69) is 11.9 Å². The van der Waals surface area contributed by atoms with Gasteiger partial charge in [-0.15, -0.1) is 6.58 Å². The molecule has 0 aliphatic heterocycles. The number of hydrogen-bond donors (Lipinski definition) is 2. The number of amides is 1. The van der Waals surface area contributed by atoms with Gasteiger partial charge >= 0.3 is 0 Å². The van der Waals surface area contributed by atoms with Crippen LogP contribution in [0.3, 0.4) is 0 Å². The van der Waals surface area contributed by atoms with E-state index in [4.69, 9.17) is 5.73 Å². The second-order valence-electron chi connectivity index (χ2n) is 2.94. The Morgan fingerprint density at radius 3 is 2.92 bits per heavy atom. The van der Waals surface area contributed by atoms with Crippen LogP contribution in [0.2, 0.25) is 0 Å². The molecule has 0 aromatic heterocycles. The fraction of sp³-hybridized carbons (Fsp3) is 0.667. The van der Waals surface area contributed by atoms with E-state index in [-0.39, 0.29) is 11.9 Å². The van der Waals surface area contributed by atoms with Crippen molar-refractivity contribution in [1.82, 2.24) is 5.32 Å². The molecule has 0 saturated heterocycles. The summed E-state index contributed by atoms with van der Waals surface area (Å²) in [4.78, 5) is 11.0. The molecule has 3 N–H and O–H groups in total. The molecule has 1 unspecified atom stereocenters. The van der Waals surface area contributed by atoms with Gasteiger partial charge in [0.2, 0.25) is 5.91 Å². The summed E-state index contributed by atoms with van der Waals surface area (Å²) in [5, 5.41) is 2.78. The Balaban J connectivity index is 3.25. The van der Waals surface area contributed by atoms with Crippen LogP contribution >= 0.6 is 0 Å². The molecule has 0 bridgehead atoms. The molecular formula is C9H18N2O. The molecule has 0 aromatic carbocycles. The van der Waals surface area contributed by atoms with Crippen LogP contribution in [-0.4, -0.2) is 18.5 Å². The molecule has 0 radical (unpaired) electrons. The Morgan fingerprint density at radius 2 is 2.42 bits per heavy atom. The molecule has 1 amide bonds. The summed E-state index contributed by atoms with van der Waals surface area (Å²) >= 11 is 0. The number of allylic oxidation sites excluding steroid dienone is 1. The predicted molar refractivity (Wildman–Crippen MR) is 50.7 cm³/mol. The molecular weight excluding hydrogens is 152 g/mol. The van der Waals surface area contributed by atoms with E-state index in [1.807, 2.05) is 6.92 Å². The Bertz CT molecular complexity index is 143. The van der Waals surface area contributed by atoms with Crippen molar-refractivity contribution in [2.75, 3.05) is 6.54 Å². The third-order valence-corrected chi connectivity index (χ3v) is 1.50. The Kier molecular flexibility index (Phi) is 6.38. The number of carbonyl (C=O) groups excluding carboxylic acids is 1. The van der Waals surface area contributed by atoms with Gasteiger partial charge in [-0.25, -0.2) is 0 Å². The molecule has 0 aliphatic rings. The second kappa shape index (κ2) is 6.85. The first-order valence-electron chi connectivity index (χ1n) is 4.30. The molecule has 3 heteroatoms. The third kappa shape index (κ3) is 7.28. The number of nitrogens with one attached hydrogen (secondary N) is 1. The molecule has 0 fully saturated rings. The van der Waals surface area contributed by atoms with Crippen LogP contribution in [-0.2, 0) is 4.79 Å². The van der Waals surface area contributed by atoms with E-state index >= 15 is 0 Å². The monoisotopic (exact) mass is 170 g/mol. The van der Waals surface area contributed by atoms with Crippen LogP contribution in [0, 0.1) is 0 Å². The van der Waals surface area contributed by atoms with Crippen molar-refractivity contribution >= 4 is 5.91 Å². The lowest BCUT2D eigenvalue weighted by Gasteiger charge is -2.05. The van der Waals surface area contributed by atoms with E-state index in [1.165, 1.54) is 0 Å². The van der Waals surface area contributed by atoms with E-state index in [0.717, 1.165) is 12.8 Å². The van der Waals surface area contributed by atoms with Gasteiger partial charge in [-0.2, -0.15) is 0 Å². The zero-order chi connectivity index (χ0) is 9.40. The van der Waals surface area contributed by atoms with E-state index in [9.17, 15) is 4.79 Å². The first-order chi connectivity index (χ1) is 5.66. The predicted octanol–water partition coefficient (Wildman–Crippen LogP) is 0.806. The molecule has 70 valence electrons. The van der Waals surface area contributed by atoms with Gasteiger partial charge in [0.05, 0.1) is 0 Å². The second-order valence-corrected chi connectivity index (χ2v) is 2.94. The Morgan fingerprint density at radius 1 is 1.75 bits per heavy atom.